The van der Waals surface area contributed by atoms with Crippen molar-refractivity contribution in [1.29, 1.82) is 0 Å². The maximum absolute atomic E-state index is 12.5. The number of H-pyrrole nitrogens is 1. The minimum Gasteiger partial charge on any atom is -0.460 e. The molecule has 0 radical (unpaired) electrons. The van der Waals surface area contributed by atoms with E-state index in [-0.39, 0.29) is 30.1 Å². The van der Waals surface area contributed by atoms with Crippen LogP contribution in [0, 0.1) is 5.92 Å². The number of morpholine rings is 1. The van der Waals surface area contributed by atoms with E-state index in [9.17, 15) is 4.79 Å². The van der Waals surface area contributed by atoms with Gasteiger partial charge in [0.2, 0.25) is 11.9 Å². The number of aromatic nitrogens is 4. The van der Waals surface area contributed by atoms with Crippen molar-refractivity contribution < 1.29 is 14.3 Å². The standard InChI is InChI=1S/C30H40N6O3/c1-35(2)28(37)20-7-5-9-23(10-6-8-20)39-30-33-27(22-13-14-24-21(19-22)15-16-31-24)32-29(34-30)36-17-18-38-26-12-4-3-11-25(26)36/h13-16,19-20,23,25-26,31H,3-12,17-18H2,1-2H3/t20?,23?,25-,26-/m1/s1. The van der Waals surface area contributed by atoms with Crippen LogP contribution in [0.1, 0.15) is 64.2 Å². The molecular formula is C30H40N6O3. The highest BCUT2D eigenvalue weighted by Gasteiger charge is 2.36. The molecule has 2 aromatic heterocycles. The Bertz CT molecular complexity index is 1280. The minimum atomic E-state index is 0.0304. The highest BCUT2D eigenvalue weighted by atomic mass is 16.5. The molecule has 1 saturated heterocycles. The van der Waals surface area contributed by atoms with Gasteiger partial charge in [-0.15, -0.1) is 0 Å². The lowest BCUT2D eigenvalue weighted by Gasteiger charge is -2.43. The third-order valence-corrected chi connectivity index (χ3v) is 8.62. The third kappa shape index (κ3) is 5.73. The van der Waals surface area contributed by atoms with Crippen molar-refractivity contribution in [3.63, 3.8) is 0 Å². The van der Waals surface area contributed by atoms with Crippen molar-refractivity contribution in [3.8, 4) is 17.4 Å². The summed E-state index contributed by atoms with van der Waals surface area (Å²) in [6.45, 7) is 1.45. The maximum Gasteiger partial charge on any atom is 0.322 e. The number of hydrogen-bond donors (Lipinski definition) is 1. The van der Waals surface area contributed by atoms with Gasteiger partial charge in [-0.2, -0.15) is 15.0 Å². The first kappa shape index (κ1) is 26.0. The smallest absolute Gasteiger partial charge is 0.322 e. The zero-order valence-electron chi connectivity index (χ0n) is 23.1. The summed E-state index contributed by atoms with van der Waals surface area (Å²) < 4.78 is 12.6. The van der Waals surface area contributed by atoms with E-state index >= 15 is 0 Å². The number of carbonyl (C=O) groups excluding carboxylic acids is 1. The molecule has 1 amide bonds. The third-order valence-electron chi connectivity index (χ3n) is 8.62. The van der Waals surface area contributed by atoms with Gasteiger partial charge in [-0.1, -0.05) is 12.8 Å². The Balaban J connectivity index is 1.27. The molecule has 1 N–H and O–H groups in total. The predicted molar refractivity (Wildman–Crippen MR) is 151 cm³/mol. The monoisotopic (exact) mass is 532 g/mol. The number of anilines is 1. The molecule has 39 heavy (non-hydrogen) atoms. The molecule has 9 heteroatoms. The van der Waals surface area contributed by atoms with Crippen LogP contribution in [0.4, 0.5) is 5.95 Å². The highest BCUT2D eigenvalue weighted by molar-refractivity contribution is 5.84. The fourth-order valence-electron chi connectivity index (χ4n) is 6.54. The normalized spacial score (nSPS) is 25.9. The van der Waals surface area contributed by atoms with E-state index in [1.54, 1.807) is 4.90 Å². The van der Waals surface area contributed by atoms with Crippen molar-refractivity contribution >= 4 is 22.8 Å². The number of benzene rings is 1. The van der Waals surface area contributed by atoms with E-state index in [1.165, 1.54) is 12.8 Å². The summed E-state index contributed by atoms with van der Waals surface area (Å²) in [4.78, 5) is 34.6. The van der Waals surface area contributed by atoms with E-state index in [2.05, 4.69) is 34.1 Å². The second kappa shape index (κ2) is 11.5. The Morgan fingerprint density at radius 2 is 1.82 bits per heavy atom. The number of rotatable bonds is 5. The molecule has 3 heterocycles. The van der Waals surface area contributed by atoms with Gasteiger partial charge < -0.3 is 24.3 Å². The number of carbonyl (C=O) groups is 1. The lowest BCUT2D eigenvalue weighted by molar-refractivity contribution is -0.133. The van der Waals surface area contributed by atoms with Gasteiger partial charge in [0, 0.05) is 49.2 Å². The number of fused-ring (bicyclic) bond motifs is 2. The summed E-state index contributed by atoms with van der Waals surface area (Å²) in [5.41, 5.74) is 2.04. The van der Waals surface area contributed by atoms with Gasteiger partial charge in [0.05, 0.1) is 18.8 Å². The number of hydrogen-bond acceptors (Lipinski definition) is 7. The first-order valence-corrected chi connectivity index (χ1v) is 14.6. The molecule has 1 aliphatic heterocycles. The van der Waals surface area contributed by atoms with Gasteiger partial charge in [0.25, 0.3) is 0 Å². The Hall–Kier alpha value is -3.20. The van der Waals surface area contributed by atoms with Gasteiger partial charge in [-0.05, 0) is 75.6 Å². The van der Waals surface area contributed by atoms with E-state index in [4.69, 9.17) is 24.4 Å². The number of amides is 1. The lowest BCUT2D eigenvalue weighted by atomic mass is 9.89. The van der Waals surface area contributed by atoms with Crippen molar-refractivity contribution in [3.05, 3.63) is 30.5 Å². The number of ether oxygens (including phenoxy) is 2. The molecule has 0 spiro atoms. The topological polar surface area (TPSA) is 96.5 Å². The van der Waals surface area contributed by atoms with E-state index in [0.29, 0.717) is 24.4 Å². The average molecular weight is 533 g/mol. The minimum absolute atomic E-state index is 0.0304. The molecule has 208 valence electrons. The van der Waals surface area contributed by atoms with Crippen molar-refractivity contribution in [2.75, 3.05) is 32.1 Å². The Morgan fingerprint density at radius 3 is 2.64 bits per heavy atom. The molecule has 3 fully saturated rings. The maximum atomic E-state index is 12.5. The van der Waals surface area contributed by atoms with Gasteiger partial charge in [-0.25, -0.2) is 0 Å². The SMILES string of the molecule is CN(C)C(=O)C1CCCC(Oc2nc(-c3ccc4[nH]ccc4c3)nc(N3CCO[C@@H]4CCCC[C@H]43)n2)CCC1. The molecular weight excluding hydrogens is 492 g/mol. The van der Waals surface area contributed by atoms with Crippen LogP contribution in [0.5, 0.6) is 6.01 Å². The van der Waals surface area contributed by atoms with Crippen LogP contribution in [0.15, 0.2) is 30.5 Å². The predicted octanol–water partition coefficient (Wildman–Crippen LogP) is 4.97. The fourth-order valence-corrected chi connectivity index (χ4v) is 6.54. The Morgan fingerprint density at radius 1 is 1.00 bits per heavy atom. The van der Waals surface area contributed by atoms with Gasteiger partial charge in [0.1, 0.15) is 6.10 Å². The number of nitrogens with one attached hydrogen (secondary N) is 1. The molecule has 0 bridgehead atoms. The van der Waals surface area contributed by atoms with E-state index < -0.39 is 0 Å². The Labute approximate surface area is 230 Å². The van der Waals surface area contributed by atoms with E-state index in [1.807, 2.05) is 20.3 Å². The van der Waals surface area contributed by atoms with Crippen LogP contribution in [-0.2, 0) is 9.53 Å². The molecule has 2 saturated carbocycles. The summed E-state index contributed by atoms with van der Waals surface area (Å²) >= 11 is 0. The number of nitrogens with zero attached hydrogens (tertiary/aromatic N) is 5. The molecule has 9 nitrogen and oxygen atoms in total. The van der Waals surface area contributed by atoms with Crippen molar-refractivity contribution in [2.24, 2.45) is 5.92 Å². The quantitative estimate of drug-likeness (QED) is 0.495. The summed E-state index contributed by atoms with van der Waals surface area (Å²) in [5, 5.41) is 1.12. The molecule has 1 aromatic carbocycles. The molecule has 0 unspecified atom stereocenters. The van der Waals surface area contributed by atoms with Crippen LogP contribution >= 0.6 is 0 Å². The van der Waals surface area contributed by atoms with E-state index in [0.717, 1.165) is 74.4 Å². The van der Waals surface area contributed by atoms with Gasteiger partial charge >= 0.3 is 6.01 Å². The second-order valence-corrected chi connectivity index (χ2v) is 11.5. The first-order chi connectivity index (χ1) is 19.0. The van der Waals surface area contributed by atoms with Gasteiger partial charge in [-0.3, -0.25) is 4.79 Å². The molecule has 2 aliphatic carbocycles. The van der Waals surface area contributed by atoms with Crippen LogP contribution in [0.25, 0.3) is 22.3 Å². The fraction of sp³-hybridized carbons (Fsp3) is 0.600. The highest BCUT2D eigenvalue weighted by Crippen LogP contribution is 2.33. The Kier molecular flexibility index (Phi) is 7.68. The molecule has 3 aliphatic rings. The van der Waals surface area contributed by atoms with Crippen molar-refractivity contribution in [1.82, 2.24) is 24.8 Å². The van der Waals surface area contributed by atoms with Crippen LogP contribution in [0.2, 0.25) is 0 Å². The zero-order valence-corrected chi connectivity index (χ0v) is 23.1. The van der Waals surface area contributed by atoms with Crippen LogP contribution in [0.3, 0.4) is 0 Å². The average Bonchev–Trinajstić information content (AvgIpc) is 3.42. The zero-order chi connectivity index (χ0) is 26.8. The summed E-state index contributed by atoms with van der Waals surface area (Å²) in [5.74, 6) is 1.68. The van der Waals surface area contributed by atoms with Crippen molar-refractivity contribution in [2.45, 2.75) is 82.5 Å². The summed E-state index contributed by atoms with van der Waals surface area (Å²) in [6.07, 6.45) is 12.3. The summed E-state index contributed by atoms with van der Waals surface area (Å²) in [6, 6.07) is 9.00. The molecule has 3 aromatic rings. The number of aromatic amines is 1. The largest absolute Gasteiger partial charge is 0.460 e. The van der Waals surface area contributed by atoms with Crippen LogP contribution < -0.4 is 9.64 Å². The first-order valence-electron chi connectivity index (χ1n) is 14.6. The molecule has 6 rings (SSSR count). The summed E-state index contributed by atoms with van der Waals surface area (Å²) in [7, 11) is 3.70. The van der Waals surface area contributed by atoms with Crippen LogP contribution in [-0.4, -0.2) is 76.2 Å². The lowest BCUT2D eigenvalue weighted by Crippen LogP contribution is -2.53. The van der Waals surface area contributed by atoms with Gasteiger partial charge in [0.15, 0.2) is 5.82 Å². The second-order valence-electron chi connectivity index (χ2n) is 11.5. The molecule has 2 atom stereocenters.